The lowest BCUT2D eigenvalue weighted by molar-refractivity contribution is 0.204. The van der Waals surface area contributed by atoms with Gasteiger partial charge in [0.2, 0.25) is 0 Å². The Morgan fingerprint density at radius 1 is 1.35 bits per heavy atom. The third kappa shape index (κ3) is 3.16. The number of nitrogens with zero attached hydrogens (tertiary/aromatic N) is 1. The number of hydrogen-bond donors (Lipinski definition) is 1. The molecule has 0 aliphatic carbocycles. The smallest absolute Gasteiger partial charge is 0.0558 e. The third-order valence-electron chi connectivity index (χ3n) is 2.66. The molecule has 3 heteroatoms. The molecule has 2 nitrogen and oxygen atoms in total. The molecular weight excluding hydrogens is 230 g/mol. The summed E-state index contributed by atoms with van der Waals surface area (Å²) in [5.41, 5.74) is 0. The standard InChI is InChI=1S/C14H17NOS/c1-2-7-15(8-9-16)11-13-10-12-5-3-4-6-14(12)17-13/h2-6,10,16H,1,7-9,11H2. The SMILES string of the molecule is C=CCN(CCO)Cc1cc2ccccc2s1. The second-order valence-corrected chi connectivity index (χ2v) is 5.17. The van der Waals surface area contributed by atoms with Crippen LogP contribution in [0.4, 0.5) is 0 Å². The zero-order valence-electron chi connectivity index (χ0n) is 9.80. The Morgan fingerprint density at radius 2 is 2.18 bits per heavy atom. The molecule has 0 bridgehead atoms. The van der Waals surface area contributed by atoms with Crippen molar-refractivity contribution in [3.63, 3.8) is 0 Å². The lowest BCUT2D eigenvalue weighted by Gasteiger charge is -2.17. The van der Waals surface area contributed by atoms with Crippen LogP contribution in [0.1, 0.15) is 4.88 Å². The highest BCUT2D eigenvalue weighted by molar-refractivity contribution is 7.19. The number of aliphatic hydroxyl groups excluding tert-OH is 1. The molecule has 1 heterocycles. The van der Waals surface area contributed by atoms with Crippen molar-refractivity contribution in [1.29, 1.82) is 0 Å². The summed E-state index contributed by atoms with van der Waals surface area (Å²) in [6.45, 7) is 6.33. The Kier molecular flexibility index (Phi) is 4.31. The van der Waals surface area contributed by atoms with Crippen molar-refractivity contribution >= 4 is 21.4 Å². The maximum Gasteiger partial charge on any atom is 0.0558 e. The first-order valence-corrected chi connectivity index (χ1v) is 6.56. The van der Waals surface area contributed by atoms with E-state index in [1.807, 2.05) is 17.4 Å². The summed E-state index contributed by atoms with van der Waals surface area (Å²) in [6.07, 6.45) is 1.88. The Balaban J connectivity index is 2.13. The van der Waals surface area contributed by atoms with E-state index in [-0.39, 0.29) is 6.61 Å². The lowest BCUT2D eigenvalue weighted by atomic mass is 10.2. The van der Waals surface area contributed by atoms with Gasteiger partial charge < -0.3 is 5.11 Å². The van der Waals surface area contributed by atoms with Crippen molar-refractivity contribution in [2.24, 2.45) is 0 Å². The normalized spacial score (nSPS) is 11.2. The highest BCUT2D eigenvalue weighted by Crippen LogP contribution is 2.26. The fraction of sp³-hybridized carbons (Fsp3) is 0.286. The summed E-state index contributed by atoms with van der Waals surface area (Å²) in [6, 6.07) is 10.6. The molecule has 0 saturated heterocycles. The Bertz CT molecular complexity index is 459. The maximum absolute atomic E-state index is 9.01. The first-order valence-electron chi connectivity index (χ1n) is 5.75. The van der Waals surface area contributed by atoms with E-state index in [1.165, 1.54) is 15.0 Å². The predicted molar refractivity (Wildman–Crippen MR) is 74.4 cm³/mol. The van der Waals surface area contributed by atoms with Gasteiger partial charge in [0.25, 0.3) is 0 Å². The number of thiophene rings is 1. The molecule has 1 N–H and O–H groups in total. The minimum atomic E-state index is 0.193. The molecule has 1 aromatic carbocycles. The van der Waals surface area contributed by atoms with E-state index in [0.29, 0.717) is 6.54 Å². The van der Waals surface area contributed by atoms with Crippen LogP contribution in [0, 0.1) is 0 Å². The van der Waals surface area contributed by atoms with Gasteiger partial charge in [-0.2, -0.15) is 0 Å². The van der Waals surface area contributed by atoms with E-state index in [4.69, 9.17) is 5.11 Å². The zero-order chi connectivity index (χ0) is 12.1. The van der Waals surface area contributed by atoms with Crippen LogP contribution in [-0.2, 0) is 6.54 Å². The van der Waals surface area contributed by atoms with E-state index >= 15 is 0 Å². The summed E-state index contributed by atoms with van der Waals surface area (Å²) in [5.74, 6) is 0. The monoisotopic (exact) mass is 247 g/mol. The molecule has 0 atom stereocenters. The number of aliphatic hydroxyl groups is 1. The minimum Gasteiger partial charge on any atom is -0.395 e. The highest BCUT2D eigenvalue weighted by atomic mass is 32.1. The van der Waals surface area contributed by atoms with Crippen molar-refractivity contribution in [2.45, 2.75) is 6.54 Å². The molecule has 2 aromatic rings. The summed E-state index contributed by atoms with van der Waals surface area (Å²) in [7, 11) is 0. The molecule has 0 amide bonds. The van der Waals surface area contributed by atoms with Crippen LogP contribution in [0.5, 0.6) is 0 Å². The zero-order valence-corrected chi connectivity index (χ0v) is 10.6. The first kappa shape index (κ1) is 12.3. The van der Waals surface area contributed by atoms with Crippen LogP contribution in [0.3, 0.4) is 0 Å². The van der Waals surface area contributed by atoms with Crippen molar-refractivity contribution in [2.75, 3.05) is 19.7 Å². The van der Waals surface area contributed by atoms with Gasteiger partial charge in [-0.05, 0) is 17.5 Å². The molecule has 2 rings (SSSR count). The van der Waals surface area contributed by atoms with E-state index < -0.39 is 0 Å². The van der Waals surface area contributed by atoms with Gasteiger partial charge in [0.1, 0.15) is 0 Å². The molecule has 17 heavy (non-hydrogen) atoms. The van der Waals surface area contributed by atoms with Crippen molar-refractivity contribution in [3.8, 4) is 0 Å². The number of rotatable bonds is 6. The van der Waals surface area contributed by atoms with Crippen LogP contribution in [0.15, 0.2) is 43.0 Å². The van der Waals surface area contributed by atoms with Crippen LogP contribution in [0.2, 0.25) is 0 Å². The van der Waals surface area contributed by atoms with Crippen LogP contribution in [0.25, 0.3) is 10.1 Å². The van der Waals surface area contributed by atoms with E-state index in [1.54, 1.807) is 0 Å². The van der Waals surface area contributed by atoms with Crippen LogP contribution < -0.4 is 0 Å². The number of benzene rings is 1. The molecule has 0 aliphatic rings. The summed E-state index contributed by atoms with van der Waals surface area (Å²) < 4.78 is 1.32. The Hall–Kier alpha value is -1.16. The third-order valence-corrected chi connectivity index (χ3v) is 3.76. The summed E-state index contributed by atoms with van der Waals surface area (Å²) >= 11 is 1.82. The van der Waals surface area contributed by atoms with Gasteiger partial charge in [-0.15, -0.1) is 17.9 Å². The molecule has 0 spiro atoms. The van der Waals surface area contributed by atoms with Crippen molar-refractivity contribution < 1.29 is 5.11 Å². The quantitative estimate of drug-likeness (QED) is 0.793. The molecule has 0 fully saturated rings. The van der Waals surface area contributed by atoms with Gasteiger partial charge in [-0.3, -0.25) is 4.90 Å². The summed E-state index contributed by atoms with van der Waals surface area (Å²) in [4.78, 5) is 3.53. The molecule has 0 aliphatic heterocycles. The lowest BCUT2D eigenvalue weighted by Crippen LogP contribution is -2.26. The van der Waals surface area contributed by atoms with Gasteiger partial charge >= 0.3 is 0 Å². The van der Waals surface area contributed by atoms with Gasteiger partial charge in [-0.1, -0.05) is 24.3 Å². The Morgan fingerprint density at radius 3 is 2.88 bits per heavy atom. The molecule has 0 saturated carbocycles. The number of fused-ring (bicyclic) bond motifs is 1. The second-order valence-electron chi connectivity index (χ2n) is 4.00. The van der Waals surface area contributed by atoms with Gasteiger partial charge in [-0.25, -0.2) is 0 Å². The van der Waals surface area contributed by atoms with E-state index in [9.17, 15) is 0 Å². The largest absolute Gasteiger partial charge is 0.395 e. The van der Waals surface area contributed by atoms with E-state index in [0.717, 1.165) is 13.1 Å². The van der Waals surface area contributed by atoms with Crippen molar-refractivity contribution in [3.05, 3.63) is 47.9 Å². The average molecular weight is 247 g/mol. The van der Waals surface area contributed by atoms with Crippen LogP contribution >= 0.6 is 11.3 Å². The average Bonchev–Trinajstić information content (AvgIpc) is 2.71. The van der Waals surface area contributed by atoms with Gasteiger partial charge in [0.05, 0.1) is 6.61 Å². The van der Waals surface area contributed by atoms with Crippen LogP contribution in [-0.4, -0.2) is 29.7 Å². The highest BCUT2D eigenvalue weighted by Gasteiger charge is 2.06. The fourth-order valence-electron chi connectivity index (χ4n) is 1.89. The molecule has 0 radical (unpaired) electrons. The molecule has 0 unspecified atom stereocenters. The van der Waals surface area contributed by atoms with E-state index in [2.05, 4.69) is 41.8 Å². The van der Waals surface area contributed by atoms with Gasteiger partial charge in [0.15, 0.2) is 0 Å². The molecule has 90 valence electrons. The first-order chi connectivity index (χ1) is 8.33. The minimum absolute atomic E-state index is 0.193. The summed E-state index contributed by atoms with van der Waals surface area (Å²) in [5, 5.41) is 10.3. The fourth-order valence-corrected chi connectivity index (χ4v) is 3.00. The Labute approximate surface area is 106 Å². The topological polar surface area (TPSA) is 23.5 Å². The van der Waals surface area contributed by atoms with Gasteiger partial charge in [0, 0.05) is 29.2 Å². The maximum atomic E-state index is 9.01. The second kappa shape index (κ2) is 5.96. The molecule has 1 aromatic heterocycles. The number of hydrogen-bond acceptors (Lipinski definition) is 3. The van der Waals surface area contributed by atoms with Crippen molar-refractivity contribution in [1.82, 2.24) is 4.90 Å². The predicted octanol–water partition coefficient (Wildman–Crippen LogP) is 2.88. The molecular formula is C14H17NOS.